The first-order valence-electron chi connectivity index (χ1n) is 7.17. The van der Waals surface area contributed by atoms with Crippen molar-refractivity contribution in [2.75, 3.05) is 5.32 Å². The predicted octanol–water partition coefficient (Wildman–Crippen LogP) is 2.32. The Morgan fingerprint density at radius 1 is 1.33 bits per heavy atom. The summed E-state index contributed by atoms with van der Waals surface area (Å²) in [5.41, 5.74) is 3.76. The van der Waals surface area contributed by atoms with Gasteiger partial charge in [0.2, 0.25) is 0 Å². The molecule has 4 N–H and O–H groups in total. The van der Waals surface area contributed by atoms with Gasteiger partial charge in [0, 0.05) is 17.8 Å². The molecular weight excluding hydrogens is 272 g/mol. The number of aromatic carboxylic acids is 1. The molecule has 0 radical (unpaired) electrons. The van der Waals surface area contributed by atoms with Crippen LogP contribution in [0.1, 0.15) is 49.3 Å². The van der Waals surface area contributed by atoms with Crippen LogP contribution in [0.3, 0.4) is 0 Å². The van der Waals surface area contributed by atoms with Crippen LogP contribution in [0.2, 0.25) is 0 Å². The summed E-state index contributed by atoms with van der Waals surface area (Å²) < 4.78 is 0. The van der Waals surface area contributed by atoms with Crippen LogP contribution in [0.15, 0.2) is 6.07 Å². The van der Waals surface area contributed by atoms with Gasteiger partial charge in [0.25, 0.3) is 0 Å². The van der Waals surface area contributed by atoms with Gasteiger partial charge >= 0.3 is 12.0 Å². The number of hydrogen-bond acceptors (Lipinski definition) is 3. The molecule has 0 spiro atoms. The zero-order valence-corrected chi connectivity index (χ0v) is 12.6. The second-order valence-corrected chi connectivity index (χ2v) is 5.65. The first kappa shape index (κ1) is 15.4. The van der Waals surface area contributed by atoms with Gasteiger partial charge in [-0.15, -0.1) is 0 Å². The normalized spacial score (nSPS) is 22.8. The van der Waals surface area contributed by atoms with E-state index in [9.17, 15) is 9.59 Å². The molecule has 21 heavy (non-hydrogen) atoms. The van der Waals surface area contributed by atoms with Gasteiger partial charge in [-0.1, -0.05) is 6.42 Å². The average molecular weight is 294 g/mol. The van der Waals surface area contributed by atoms with Crippen molar-refractivity contribution in [2.24, 2.45) is 0 Å². The second kappa shape index (κ2) is 6.17. The third-order valence-corrected chi connectivity index (χ3v) is 3.84. The monoisotopic (exact) mass is 294 g/mol. The van der Waals surface area contributed by atoms with Crippen LogP contribution < -0.4 is 10.7 Å². The maximum absolute atomic E-state index is 12.1. The van der Waals surface area contributed by atoms with Gasteiger partial charge in [-0.05, 0) is 39.7 Å². The summed E-state index contributed by atoms with van der Waals surface area (Å²) >= 11 is 0. The van der Waals surface area contributed by atoms with Crippen molar-refractivity contribution in [3.05, 3.63) is 17.5 Å². The van der Waals surface area contributed by atoms with Gasteiger partial charge in [0.15, 0.2) is 0 Å². The van der Waals surface area contributed by atoms with Crippen LogP contribution in [0.25, 0.3) is 0 Å². The van der Waals surface area contributed by atoms with E-state index in [1.807, 2.05) is 5.01 Å². The number of carbonyl (C=O) groups is 2. The van der Waals surface area contributed by atoms with Gasteiger partial charge in [0.1, 0.15) is 5.69 Å². The lowest BCUT2D eigenvalue weighted by Gasteiger charge is -2.38. The fraction of sp³-hybridized carbons (Fsp3) is 0.571. The number of nitrogens with one attached hydrogen (secondary N) is 3. The number of nitrogens with zero attached hydrogens (tertiary/aromatic N) is 1. The Morgan fingerprint density at radius 3 is 2.52 bits per heavy atom. The van der Waals surface area contributed by atoms with Crippen molar-refractivity contribution < 1.29 is 14.7 Å². The molecule has 7 nitrogen and oxygen atoms in total. The molecule has 2 amide bonds. The van der Waals surface area contributed by atoms with Crippen LogP contribution in [-0.2, 0) is 0 Å². The van der Waals surface area contributed by atoms with Crippen LogP contribution >= 0.6 is 0 Å². The Kier molecular flexibility index (Phi) is 4.52. The first-order valence-corrected chi connectivity index (χ1v) is 7.17. The number of piperidine rings is 1. The summed E-state index contributed by atoms with van der Waals surface area (Å²) in [4.78, 5) is 25.9. The van der Waals surface area contributed by atoms with Crippen LogP contribution in [0.5, 0.6) is 0 Å². The molecule has 1 fully saturated rings. The van der Waals surface area contributed by atoms with Crippen LogP contribution in [0, 0.1) is 6.92 Å². The molecule has 1 saturated heterocycles. The van der Waals surface area contributed by atoms with E-state index in [1.54, 1.807) is 13.0 Å². The van der Waals surface area contributed by atoms with Crippen molar-refractivity contribution in [1.82, 2.24) is 15.4 Å². The minimum atomic E-state index is -1.10. The molecule has 7 heteroatoms. The highest BCUT2D eigenvalue weighted by atomic mass is 16.4. The Morgan fingerprint density at radius 2 is 1.95 bits per heavy atom. The summed E-state index contributed by atoms with van der Waals surface area (Å²) in [6.07, 6.45) is 3.23. The summed E-state index contributed by atoms with van der Waals surface area (Å²) in [7, 11) is 0. The van der Waals surface area contributed by atoms with Gasteiger partial charge in [-0.25, -0.2) is 14.6 Å². The lowest BCUT2D eigenvalue weighted by atomic mass is 10.00. The topological polar surface area (TPSA) is 97.5 Å². The van der Waals surface area contributed by atoms with Crippen molar-refractivity contribution >= 4 is 17.7 Å². The zero-order valence-electron chi connectivity index (χ0n) is 12.6. The molecule has 2 heterocycles. The number of anilines is 1. The maximum atomic E-state index is 12.1. The van der Waals surface area contributed by atoms with E-state index in [1.165, 1.54) is 0 Å². The van der Waals surface area contributed by atoms with E-state index in [2.05, 4.69) is 29.6 Å². The number of aromatic amines is 1. The molecular formula is C14H22N4O3. The second-order valence-electron chi connectivity index (χ2n) is 5.65. The fourth-order valence-electron chi connectivity index (χ4n) is 2.77. The first-order chi connectivity index (χ1) is 9.88. The quantitative estimate of drug-likeness (QED) is 0.687. The van der Waals surface area contributed by atoms with E-state index in [-0.39, 0.29) is 23.5 Å². The fourth-order valence-corrected chi connectivity index (χ4v) is 2.77. The molecule has 0 aromatic carbocycles. The molecule has 1 aliphatic heterocycles. The Labute approximate surface area is 123 Å². The molecule has 1 aliphatic rings. The van der Waals surface area contributed by atoms with Crippen molar-refractivity contribution in [3.8, 4) is 0 Å². The molecule has 0 bridgehead atoms. The van der Waals surface area contributed by atoms with Gasteiger partial charge in [-0.2, -0.15) is 0 Å². The number of amides is 2. The zero-order chi connectivity index (χ0) is 15.6. The van der Waals surface area contributed by atoms with E-state index in [0.717, 1.165) is 19.3 Å². The number of carboxylic acids is 1. The highest BCUT2D eigenvalue weighted by Crippen LogP contribution is 2.21. The van der Waals surface area contributed by atoms with E-state index in [0.29, 0.717) is 5.69 Å². The standard InChI is InChI=1S/C14H22N4O3/c1-8-7-11(12(15-8)13(19)20)16-14(21)17-18-9(2)5-4-6-10(18)3/h7,9-10,15H,4-6H2,1-3H3,(H,19,20)(H2,16,17,21). The molecule has 2 unspecified atom stereocenters. The molecule has 2 atom stereocenters. The number of hydrazine groups is 1. The lowest BCUT2D eigenvalue weighted by molar-refractivity contribution is 0.0625. The number of carboxylic acid groups (broad SMARTS) is 1. The summed E-state index contributed by atoms with van der Waals surface area (Å²) in [5, 5.41) is 13.6. The van der Waals surface area contributed by atoms with Gasteiger partial charge in [0.05, 0.1) is 5.69 Å². The van der Waals surface area contributed by atoms with E-state index >= 15 is 0 Å². The van der Waals surface area contributed by atoms with Crippen molar-refractivity contribution in [3.63, 3.8) is 0 Å². The minimum Gasteiger partial charge on any atom is -0.477 e. The predicted molar refractivity (Wildman–Crippen MR) is 79.3 cm³/mol. The SMILES string of the molecule is Cc1cc(NC(=O)NN2C(C)CCCC2C)c(C(=O)O)[nH]1. The Balaban J connectivity index is 2.03. The van der Waals surface area contributed by atoms with Gasteiger partial charge < -0.3 is 15.4 Å². The van der Waals surface area contributed by atoms with Crippen LogP contribution in [-0.4, -0.2) is 39.2 Å². The van der Waals surface area contributed by atoms with Crippen LogP contribution in [0.4, 0.5) is 10.5 Å². The number of aryl methyl sites for hydroxylation is 1. The number of rotatable bonds is 3. The highest BCUT2D eigenvalue weighted by Gasteiger charge is 2.26. The van der Waals surface area contributed by atoms with E-state index in [4.69, 9.17) is 5.11 Å². The average Bonchev–Trinajstić information content (AvgIpc) is 2.75. The Hall–Kier alpha value is -2.02. The molecule has 1 aromatic rings. The largest absolute Gasteiger partial charge is 0.477 e. The lowest BCUT2D eigenvalue weighted by Crippen LogP contribution is -2.55. The number of urea groups is 1. The highest BCUT2D eigenvalue weighted by molar-refractivity contribution is 5.98. The van der Waals surface area contributed by atoms with Gasteiger partial charge in [-0.3, -0.25) is 5.43 Å². The Bertz CT molecular complexity index is 530. The van der Waals surface area contributed by atoms with Crippen molar-refractivity contribution in [2.45, 2.75) is 52.1 Å². The summed E-state index contributed by atoms with van der Waals surface area (Å²) in [6, 6.07) is 1.72. The summed E-state index contributed by atoms with van der Waals surface area (Å²) in [6.45, 7) is 5.88. The molecule has 0 aliphatic carbocycles. The minimum absolute atomic E-state index is 0.0117. The number of hydrogen-bond donors (Lipinski definition) is 4. The molecule has 0 saturated carbocycles. The third-order valence-electron chi connectivity index (χ3n) is 3.84. The molecule has 2 rings (SSSR count). The smallest absolute Gasteiger partial charge is 0.354 e. The van der Waals surface area contributed by atoms with Crippen molar-refractivity contribution in [1.29, 1.82) is 0 Å². The third kappa shape index (κ3) is 3.55. The number of aromatic nitrogens is 1. The number of H-pyrrole nitrogens is 1. The number of carbonyl (C=O) groups excluding carboxylic acids is 1. The van der Waals surface area contributed by atoms with E-state index < -0.39 is 12.0 Å². The molecule has 116 valence electrons. The maximum Gasteiger partial charge on any atom is 0.354 e. The molecule has 1 aromatic heterocycles. The summed E-state index contributed by atoms with van der Waals surface area (Å²) in [5.74, 6) is -1.10.